The molecule has 0 atom stereocenters. The monoisotopic (exact) mass is 520 g/mol. The molecule has 170 valence electrons. The Morgan fingerprint density at radius 2 is 1.84 bits per heavy atom. The highest BCUT2D eigenvalue weighted by atomic mass is 79.9. The molecule has 32 heavy (non-hydrogen) atoms. The number of hydrogen-bond acceptors (Lipinski definition) is 6. The van der Waals surface area contributed by atoms with E-state index in [1.807, 2.05) is 6.07 Å². The fourth-order valence-corrected chi connectivity index (χ4v) is 4.15. The average Bonchev–Trinajstić information content (AvgIpc) is 2.70. The standard InChI is InChI=1S/C23H25BrN2O5S/c1-23(2,28)12-5-13-31-21-20(16-8-10-19(11-9-16)32(3,29)30)15-25-26(22(21)27)18-7-4-6-17(24)14-18/h4,6-11,14-15,28H,5,12-13H2,1-3H3. The number of aliphatic hydroxyl groups is 1. The summed E-state index contributed by atoms with van der Waals surface area (Å²) in [6, 6.07) is 13.4. The quantitative estimate of drug-likeness (QED) is 0.450. The van der Waals surface area contributed by atoms with Crippen molar-refractivity contribution < 1.29 is 18.3 Å². The molecule has 0 amide bonds. The number of nitrogens with zero attached hydrogens (tertiary/aromatic N) is 2. The maximum Gasteiger partial charge on any atom is 0.314 e. The van der Waals surface area contributed by atoms with Crippen LogP contribution in [-0.4, -0.2) is 41.8 Å². The number of aromatic nitrogens is 2. The van der Waals surface area contributed by atoms with E-state index in [9.17, 15) is 18.3 Å². The van der Waals surface area contributed by atoms with Crippen LogP contribution >= 0.6 is 15.9 Å². The zero-order chi connectivity index (χ0) is 23.5. The van der Waals surface area contributed by atoms with Crippen LogP contribution in [0.2, 0.25) is 0 Å². The van der Waals surface area contributed by atoms with Crippen LogP contribution in [0.3, 0.4) is 0 Å². The van der Waals surface area contributed by atoms with Gasteiger partial charge < -0.3 is 9.84 Å². The Morgan fingerprint density at radius 1 is 1.16 bits per heavy atom. The predicted molar refractivity (Wildman–Crippen MR) is 127 cm³/mol. The molecule has 1 N–H and O–H groups in total. The first kappa shape index (κ1) is 24.2. The van der Waals surface area contributed by atoms with Gasteiger partial charge >= 0.3 is 5.56 Å². The highest BCUT2D eigenvalue weighted by Crippen LogP contribution is 2.28. The molecule has 0 bridgehead atoms. The van der Waals surface area contributed by atoms with Gasteiger partial charge in [0.05, 0.1) is 29.0 Å². The minimum absolute atomic E-state index is 0.114. The van der Waals surface area contributed by atoms with Gasteiger partial charge in [-0.3, -0.25) is 4.79 Å². The van der Waals surface area contributed by atoms with Crippen LogP contribution < -0.4 is 10.3 Å². The van der Waals surface area contributed by atoms with Crippen molar-refractivity contribution in [3.8, 4) is 22.6 Å². The number of ether oxygens (including phenoxy) is 1. The van der Waals surface area contributed by atoms with Crippen LogP contribution in [0.25, 0.3) is 16.8 Å². The second kappa shape index (κ2) is 9.56. The van der Waals surface area contributed by atoms with E-state index in [1.165, 1.54) is 23.0 Å². The van der Waals surface area contributed by atoms with Gasteiger partial charge in [0.1, 0.15) is 0 Å². The normalized spacial score (nSPS) is 12.0. The van der Waals surface area contributed by atoms with E-state index in [2.05, 4.69) is 21.0 Å². The van der Waals surface area contributed by atoms with Gasteiger partial charge in [-0.15, -0.1) is 0 Å². The summed E-state index contributed by atoms with van der Waals surface area (Å²) in [6.45, 7) is 3.67. The summed E-state index contributed by atoms with van der Waals surface area (Å²) >= 11 is 3.40. The van der Waals surface area contributed by atoms with Gasteiger partial charge in [0, 0.05) is 16.3 Å². The van der Waals surface area contributed by atoms with Crippen molar-refractivity contribution in [3.05, 3.63) is 69.6 Å². The van der Waals surface area contributed by atoms with Gasteiger partial charge in [-0.1, -0.05) is 34.1 Å². The third-order valence-electron chi connectivity index (χ3n) is 4.76. The molecule has 0 aliphatic heterocycles. The third kappa shape index (κ3) is 6.05. The van der Waals surface area contributed by atoms with Crippen molar-refractivity contribution in [2.24, 2.45) is 0 Å². The van der Waals surface area contributed by atoms with Crippen molar-refractivity contribution in [3.63, 3.8) is 0 Å². The molecule has 0 aliphatic carbocycles. The summed E-state index contributed by atoms with van der Waals surface area (Å²) in [6.07, 6.45) is 3.73. The molecule has 3 aromatic rings. The summed E-state index contributed by atoms with van der Waals surface area (Å²) in [7, 11) is -3.34. The van der Waals surface area contributed by atoms with Crippen LogP contribution in [0.5, 0.6) is 5.75 Å². The first-order valence-electron chi connectivity index (χ1n) is 10.00. The molecular formula is C23H25BrN2O5S. The molecule has 0 radical (unpaired) electrons. The van der Waals surface area contributed by atoms with Crippen molar-refractivity contribution in [1.29, 1.82) is 0 Å². The van der Waals surface area contributed by atoms with Gasteiger partial charge in [-0.05, 0) is 62.6 Å². The van der Waals surface area contributed by atoms with E-state index in [4.69, 9.17) is 4.74 Å². The van der Waals surface area contributed by atoms with Gasteiger partial charge in [0.2, 0.25) is 0 Å². The highest BCUT2D eigenvalue weighted by molar-refractivity contribution is 9.10. The molecule has 0 unspecified atom stereocenters. The van der Waals surface area contributed by atoms with Crippen molar-refractivity contribution in [2.75, 3.05) is 12.9 Å². The summed E-state index contributed by atoms with van der Waals surface area (Å²) in [5, 5.41) is 14.2. The van der Waals surface area contributed by atoms with E-state index in [0.29, 0.717) is 29.7 Å². The number of rotatable bonds is 8. The van der Waals surface area contributed by atoms with E-state index >= 15 is 0 Å². The Hall–Kier alpha value is -2.49. The molecule has 3 rings (SSSR count). The van der Waals surface area contributed by atoms with E-state index in [-0.39, 0.29) is 17.3 Å². The topological polar surface area (TPSA) is 98.5 Å². The average molecular weight is 521 g/mol. The Labute approximate surface area is 195 Å². The summed E-state index contributed by atoms with van der Waals surface area (Å²) in [5.41, 5.74) is 0.383. The Morgan fingerprint density at radius 3 is 2.44 bits per heavy atom. The van der Waals surface area contributed by atoms with Gasteiger partial charge in [0.25, 0.3) is 0 Å². The number of hydrogen-bond donors (Lipinski definition) is 1. The van der Waals surface area contributed by atoms with Crippen LogP contribution in [0.15, 0.2) is 68.9 Å². The molecule has 7 nitrogen and oxygen atoms in total. The minimum Gasteiger partial charge on any atom is -0.487 e. The van der Waals surface area contributed by atoms with Crippen LogP contribution in [-0.2, 0) is 9.84 Å². The zero-order valence-electron chi connectivity index (χ0n) is 18.1. The lowest BCUT2D eigenvalue weighted by Crippen LogP contribution is -2.25. The lowest BCUT2D eigenvalue weighted by Gasteiger charge is -2.17. The van der Waals surface area contributed by atoms with Gasteiger partial charge in [0.15, 0.2) is 15.6 Å². The molecule has 9 heteroatoms. The number of benzene rings is 2. The van der Waals surface area contributed by atoms with E-state index < -0.39 is 21.0 Å². The summed E-state index contributed by atoms with van der Waals surface area (Å²) in [5.74, 6) is 0.114. The number of halogens is 1. The fraction of sp³-hybridized carbons (Fsp3) is 0.304. The Bertz CT molecular complexity index is 1260. The lowest BCUT2D eigenvalue weighted by molar-refractivity contribution is 0.0640. The van der Waals surface area contributed by atoms with Crippen molar-refractivity contribution >= 4 is 25.8 Å². The maximum atomic E-state index is 13.3. The highest BCUT2D eigenvalue weighted by Gasteiger charge is 2.18. The predicted octanol–water partition coefficient (Wildman–Crippen LogP) is 4.00. The molecule has 0 spiro atoms. The molecule has 0 fully saturated rings. The SMILES string of the molecule is CC(C)(O)CCCOc1c(-c2ccc(S(C)(=O)=O)cc2)cnn(-c2cccc(Br)c2)c1=O. The largest absolute Gasteiger partial charge is 0.487 e. The van der Waals surface area contributed by atoms with Gasteiger partial charge in [-0.2, -0.15) is 9.78 Å². The Balaban J connectivity index is 2.03. The molecule has 1 aromatic heterocycles. The first-order valence-corrected chi connectivity index (χ1v) is 12.7. The summed E-state index contributed by atoms with van der Waals surface area (Å²) in [4.78, 5) is 13.5. The van der Waals surface area contributed by atoms with Crippen molar-refractivity contribution in [1.82, 2.24) is 9.78 Å². The zero-order valence-corrected chi connectivity index (χ0v) is 20.5. The van der Waals surface area contributed by atoms with Crippen LogP contribution in [0.4, 0.5) is 0 Å². The smallest absolute Gasteiger partial charge is 0.314 e. The van der Waals surface area contributed by atoms with Crippen LogP contribution in [0.1, 0.15) is 26.7 Å². The summed E-state index contributed by atoms with van der Waals surface area (Å²) < 4.78 is 31.5. The van der Waals surface area contributed by atoms with Gasteiger partial charge in [-0.25, -0.2) is 8.42 Å². The molecule has 1 heterocycles. The number of sulfone groups is 1. The molecule has 0 aliphatic rings. The van der Waals surface area contributed by atoms with E-state index in [1.54, 1.807) is 44.2 Å². The third-order valence-corrected chi connectivity index (χ3v) is 6.38. The lowest BCUT2D eigenvalue weighted by atomic mass is 10.0. The molecule has 0 saturated heterocycles. The fourth-order valence-electron chi connectivity index (χ4n) is 3.14. The minimum atomic E-state index is -3.34. The maximum absolute atomic E-state index is 13.3. The molecule has 0 saturated carbocycles. The second-order valence-electron chi connectivity index (χ2n) is 8.15. The van der Waals surface area contributed by atoms with E-state index in [0.717, 1.165) is 10.7 Å². The first-order chi connectivity index (χ1) is 15.0. The van der Waals surface area contributed by atoms with Crippen LogP contribution in [0, 0.1) is 0 Å². The molecule has 2 aromatic carbocycles. The second-order valence-corrected chi connectivity index (χ2v) is 11.1. The van der Waals surface area contributed by atoms with Crippen molar-refractivity contribution in [2.45, 2.75) is 37.2 Å². The Kier molecular flexibility index (Phi) is 7.22. The molecular weight excluding hydrogens is 496 g/mol.